The van der Waals surface area contributed by atoms with Crippen molar-refractivity contribution in [2.24, 2.45) is 0 Å². The molecule has 18 heavy (non-hydrogen) atoms. The molecule has 0 saturated carbocycles. The molecule has 0 aliphatic carbocycles. The number of pyridine rings is 1. The maximum Gasteiger partial charge on any atom is 0.0346 e. The average Bonchev–Trinajstić information content (AvgIpc) is 2.43. The molecule has 1 N–H and O–H groups in total. The van der Waals surface area contributed by atoms with Gasteiger partial charge in [0, 0.05) is 24.3 Å². The number of aromatic nitrogens is 1. The van der Waals surface area contributed by atoms with Crippen LogP contribution in [0.5, 0.6) is 0 Å². The molecule has 96 valence electrons. The van der Waals surface area contributed by atoms with Crippen molar-refractivity contribution in [3.63, 3.8) is 0 Å². The minimum atomic E-state index is 0.952. The van der Waals surface area contributed by atoms with Crippen LogP contribution in [0.1, 0.15) is 38.2 Å². The lowest BCUT2D eigenvalue weighted by Gasteiger charge is -2.07. The first-order valence-corrected chi connectivity index (χ1v) is 6.94. The van der Waals surface area contributed by atoms with E-state index in [9.17, 15) is 0 Å². The average molecular weight is 242 g/mol. The van der Waals surface area contributed by atoms with Crippen molar-refractivity contribution < 1.29 is 0 Å². The summed E-state index contributed by atoms with van der Waals surface area (Å²) in [7, 11) is 0. The largest absolute Gasteiger partial charge is 0.313 e. The summed E-state index contributed by atoms with van der Waals surface area (Å²) in [6.07, 6.45) is 9.06. The first-order chi connectivity index (χ1) is 8.92. The zero-order valence-electron chi connectivity index (χ0n) is 11.2. The van der Waals surface area contributed by atoms with Gasteiger partial charge in [0.05, 0.1) is 0 Å². The molecular weight excluding hydrogens is 220 g/mol. The third-order valence-corrected chi connectivity index (χ3v) is 3.29. The van der Waals surface area contributed by atoms with E-state index in [1.165, 1.54) is 42.0 Å². The van der Waals surface area contributed by atoms with E-state index in [4.69, 9.17) is 0 Å². The highest BCUT2D eigenvalue weighted by molar-refractivity contribution is 5.84. The molecule has 1 aromatic carbocycles. The number of nitrogens with zero attached hydrogens (tertiary/aromatic N) is 1. The molecule has 0 amide bonds. The molecule has 0 fully saturated rings. The van der Waals surface area contributed by atoms with E-state index in [-0.39, 0.29) is 0 Å². The third kappa shape index (κ3) is 3.54. The normalized spacial score (nSPS) is 10.9. The molecule has 0 unspecified atom stereocenters. The summed E-state index contributed by atoms with van der Waals surface area (Å²) in [4.78, 5) is 4.16. The number of rotatable bonds is 7. The molecule has 0 radical (unpaired) electrons. The van der Waals surface area contributed by atoms with Crippen LogP contribution in [0.15, 0.2) is 36.7 Å². The van der Waals surface area contributed by atoms with E-state index in [1.54, 1.807) is 0 Å². The summed E-state index contributed by atoms with van der Waals surface area (Å²) in [5, 5.41) is 6.07. The van der Waals surface area contributed by atoms with Crippen LogP contribution in [0, 0.1) is 0 Å². The van der Waals surface area contributed by atoms with Crippen LogP contribution >= 0.6 is 0 Å². The van der Waals surface area contributed by atoms with Gasteiger partial charge in [0.1, 0.15) is 0 Å². The molecule has 0 atom stereocenters. The second kappa shape index (κ2) is 7.12. The van der Waals surface area contributed by atoms with Gasteiger partial charge in [-0.1, -0.05) is 44.4 Å². The zero-order valence-corrected chi connectivity index (χ0v) is 11.2. The Kier molecular flexibility index (Phi) is 5.15. The van der Waals surface area contributed by atoms with E-state index in [0.717, 1.165) is 13.1 Å². The van der Waals surface area contributed by atoms with Crippen LogP contribution in [0.2, 0.25) is 0 Å². The SMILES string of the molecule is CCCCCCNCc1cccc2cnccc12. The molecule has 0 saturated heterocycles. The van der Waals surface area contributed by atoms with Gasteiger partial charge in [-0.25, -0.2) is 0 Å². The second-order valence-corrected chi connectivity index (χ2v) is 4.75. The van der Waals surface area contributed by atoms with Crippen molar-refractivity contribution in [3.05, 3.63) is 42.2 Å². The van der Waals surface area contributed by atoms with Crippen molar-refractivity contribution >= 4 is 10.8 Å². The Morgan fingerprint density at radius 2 is 2.06 bits per heavy atom. The molecule has 0 spiro atoms. The second-order valence-electron chi connectivity index (χ2n) is 4.75. The Balaban J connectivity index is 1.88. The van der Waals surface area contributed by atoms with Gasteiger partial charge in [-0.15, -0.1) is 0 Å². The molecule has 2 heteroatoms. The summed E-state index contributed by atoms with van der Waals surface area (Å²) in [6, 6.07) is 8.52. The predicted octanol–water partition coefficient (Wildman–Crippen LogP) is 3.90. The van der Waals surface area contributed by atoms with Gasteiger partial charge in [-0.3, -0.25) is 4.98 Å². The highest BCUT2D eigenvalue weighted by Crippen LogP contribution is 2.17. The summed E-state index contributed by atoms with van der Waals surface area (Å²) >= 11 is 0. The molecule has 1 heterocycles. The number of fused-ring (bicyclic) bond motifs is 1. The minimum absolute atomic E-state index is 0.952. The summed E-state index contributed by atoms with van der Waals surface area (Å²) in [5.74, 6) is 0. The number of benzene rings is 1. The van der Waals surface area contributed by atoms with Crippen molar-refractivity contribution in [3.8, 4) is 0 Å². The lowest BCUT2D eigenvalue weighted by molar-refractivity contribution is 0.599. The van der Waals surface area contributed by atoms with Gasteiger partial charge in [0.2, 0.25) is 0 Å². The van der Waals surface area contributed by atoms with Crippen molar-refractivity contribution in [1.82, 2.24) is 10.3 Å². The van der Waals surface area contributed by atoms with Gasteiger partial charge in [-0.05, 0) is 30.0 Å². The molecule has 0 aliphatic heterocycles. The van der Waals surface area contributed by atoms with Crippen molar-refractivity contribution in [1.29, 1.82) is 0 Å². The molecular formula is C16H22N2. The summed E-state index contributed by atoms with van der Waals surface area (Å²) < 4.78 is 0. The van der Waals surface area contributed by atoms with Crippen LogP contribution in [0.3, 0.4) is 0 Å². The van der Waals surface area contributed by atoms with Gasteiger partial charge >= 0.3 is 0 Å². The fraction of sp³-hybridized carbons (Fsp3) is 0.438. The smallest absolute Gasteiger partial charge is 0.0346 e. The number of nitrogens with one attached hydrogen (secondary N) is 1. The van der Waals surface area contributed by atoms with Crippen LogP contribution in [-0.4, -0.2) is 11.5 Å². The first-order valence-electron chi connectivity index (χ1n) is 6.94. The lowest BCUT2D eigenvalue weighted by Crippen LogP contribution is -2.14. The van der Waals surface area contributed by atoms with E-state index in [0.29, 0.717) is 0 Å². The standard InChI is InChI=1S/C16H22N2/c1-2-3-4-5-10-17-12-14-7-6-8-15-13-18-11-9-16(14)15/h6-9,11,13,17H,2-5,10,12H2,1H3. The number of hydrogen-bond acceptors (Lipinski definition) is 2. The van der Waals surface area contributed by atoms with Crippen LogP contribution < -0.4 is 5.32 Å². The molecule has 1 aromatic heterocycles. The Bertz CT molecular complexity index is 474. The number of hydrogen-bond donors (Lipinski definition) is 1. The Morgan fingerprint density at radius 1 is 1.11 bits per heavy atom. The fourth-order valence-electron chi connectivity index (χ4n) is 2.24. The van der Waals surface area contributed by atoms with Crippen molar-refractivity contribution in [2.75, 3.05) is 6.54 Å². The molecule has 2 nitrogen and oxygen atoms in total. The van der Waals surface area contributed by atoms with Crippen molar-refractivity contribution in [2.45, 2.75) is 39.2 Å². The summed E-state index contributed by atoms with van der Waals surface area (Å²) in [6.45, 7) is 4.31. The predicted molar refractivity (Wildman–Crippen MR) is 77.6 cm³/mol. The van der Waals surface area contributed by atoms with Crippen LogP contribution in [0.25, 0.3) is 10.8 Å². The topological polar surface area (TPSA) is 24.9 Å². The van der Waals surface area contributed by atoms with Gasteiger partial charge in [0.25, 0.3) is 0 Å². The number of unbranched alkanes of at least 4 members (excludes halogenated alkanes) is 3. The maximum absolute atomic E-state index is 4.16. The Hall–Kier alpha value is -1.41. The van der Waals surface area contributed by atoms with Gasteiger partial charge < -0.3 is 5.32 Å². The molecule has 2 aromatic rings. The summed E-state index contributed by atoms with van der Waals surface area (Å²) in [5.41, 5.74) is 1.37. The van der Waals surface area contributed by atoms with E-state index < -0.39 is 0 Å². The Labute approximate surface area is 109 Å². The van der Waals surface area contributed by atoms with E-state index >= 15 is 0 Å². The highest BCUT2D eigenvalue weighted by atomic mass is 14.8. The maximum atomic E-state index is 4.16. The zero-order chi connectivity index (χ0) is 12.6. The molecule has 0 aliphatic rings. The monoisotopic (exact) mass is 242 g/mol. The lowest BCUT2D eigenvalue weighted by atomic mass is 10.1. The Morgan fingerprint density at radius 3 is 2.94 bits per heavy atom. The fourth-order valence-corrected chi connectivity index (χ4v) is 2.24. The molecule has 0 bridgehead atoms. The minimum Gasteiger partial charge on any atom is -0.313 e. The van der Waals surface area contributed by atoms with Gasteiger partial charge in [0.15, 0.2) is 0 Å². The van der Waals surface area contributed by atoms with Gasteiger partial charge in [-0.2, -0.15) is 0 Å². The van der Waals surface area contributed by atoms with E-state index in [1.807, 2.05) is 12.4 Å². The van der Waals surface area contributed by atoms with E-state index in [2.05, 4.69) is 41.5 Å². The van der Waals surface area contributed by atoms with Crippen LogP contribution in [-0.2, 0) is 6.54 Å². The third-order valence-electron chi connectivity index (χ3n) is 3.29. The highest BCUT2D eigenvalue weighted by Gasteiger charge is 1.99. The first kappa shape index (κ1) is 13.0. The van der Waals surface area contributed by atoms with Crippen LogP contribution in [0.4, 0.5) is 0 Å². The quantitative estimate of drug-likeness (QED) is 0.745. The molecule has 2 rings (SSSR count).